The van der Waals surface area contributed by atoms with Crippen molar-refractivity contribution in [1.29, 1.82) is 5.26 Å². The first kappa shape index (κ1) is 15.6. The van der Waals surface area contributed by atoms with Gasteiger partial charge in [-0.15, -0.1) is 0 Å². The van der Waals surface area contributed by atoms with Crippen LogP contribution in [0.3, 0.4) is 0 Å². The molecule has 8 heteroatoms. The van der Waals surface area contributed by atoms with E-state index in [1.54, 1.807) is 30.3 Å². The first-order valence-corrected chi connectivity index (χ1v) is 7.96. The van der Waals surface area contributed by atoms with Crippen LogP contribution < -0.4 is 10.6 Å². The van der Waals surface area contributed by atoms with E-state index in [9.17, 15) is 4.79 Å². The van der Waals surface area contributed by atoms with Gasteiger partial charge in [0.2, 0.25) is 0 Å². The normalized spacial score (nSPS) is 10.3. The number of carbonyl (C=O) groups is 1. The number of hydrogen-bond acceptors (Lipinski definition) is 4. The minimum atomic E-state index is -0.471. The Morgan fingerprint density at radius 2 is 2.00 bits per heavy atom. The number of thiazole rings is 1. The van der Waals surface area contributed by atoms with E-state index in [0.717, 1.165) is 10.2 Å². The number of carbonyl (C=O) groups excluding carboxylic acids is 1. The molecule has 5 nitrogen and oxygen atoms in total. The Morgan fingerprint density at radius 1 is 1.17 bits per heavy atom. The van der Waals surface area contributed by atoms with Crippen LogP contribution in [-0.2, 0) is 0 Å². The first-order valence-electron chi connectivity index (χ1n) is 6.39. The fourth-order valence-corrected chi connectivity index (χ4v) is 3.25. The van der Waals surface area contributed by atoms with Crippen LogP contribution in [-0.4, -0.2) is 11.0 Å². The Bertz CT molecular complexity index is 948. The fraction of sp³-hybridized carbons (Fsp3) is 0. The molecule has 3 aromatic rings. The molecule has 2 amide bonds. The third kappa shape index (κ3) is 3.54. The molecule has 0 unspecified atom stereocenters. The van der Waals surface area contributed by atoms with E-state index in [2.05, 4.69) is 15.6 Å². The monoisotopic (exact) mass is 362 g/mol. The van der Waals surface area contributed by atoms with Gasteiger partial charge in [-0.25, -0.2) is 9.78 Å². The Kier molecular flexibility index (Phi) is 4.35. The average molecular weight is 363 g/mol. The quantitative estimate of drug-likeness (QED) is 0.663. The van der Waals surface area contributed by atoms with Gasteiger partial charge in [0, 0.05) is 5.02 Å². The summed E-state index contributed by atoms with van der Waals surface area (Å²) >= 11 is 13.3. The Balaban J connectivity index is 1.74. The molecule has 0 atom stereocenters. The molecule has 0 aliphatic carbocycles. The van der Waals surface area contributed by atoms with Crippen molar-refractivity contribution in [3.63, 3.8) is 0 Å². The molecular weight excluding hydrogens is 355 g/mol. The molecule has 0 saturated carbocycles. The summed E-state index contributed by atoms with van der Waals surface area (Å²) in [5.41, 5.74) is 1.59. The minimum absolute atomic E-state index is 0.287. The molecule has 2 aromatic carbocycles. The number of nitrogens with zero attached hydrogens (tertiary/aromatic N) is 2. The van der Waals surface area contributed by atoms with Crippen molar-refractivity contribution >= 4 is 61.6 Å². The number of fused-ring (bicyclic) bond motifs is 1. The summed E-state index contributed by atoms with van der Waals surface area (Å²) in [5.74, 6) is 0. The summed E-state index contributed by atoms with van der Waals surface area (Å²) in [6, 6.07) is 11.4. The number of amides is 2. The lowest BCUT2D eigenvalue weighted by Crippen LogP contribution is -2.19. The van der Waals surface area contributed by atoms with E-state index >= 15 is 0 Å². The number of aromatic nitrogens is 1. The van der Waals surface area contributed by atoms with Gasteiger partial charge in [-0.1, -0.05) is 34.5 Å². The standard InChI is InChI=1S/C15H8Cl2N4OS/c16-9-2-4-12-13(6-9)23-15(20-12)21-14(22)19-11-3-1-8(7-18)5-10(11)17/h1-6H,(H2,19,20,21,22). The van der Waals surface area contributed by atoms with Crippen LogP contribution in [0.15, 0.2) is 36.4 Å². The number of rotatable bonds is 2. The van der Waals surface area contributed by atoms with Crippen molar-refractivity contribution in [2.75, 3.05) is 10.6 Å². The average Bonchev–Trinajstić information content (AvgIpc) is 2.90. The summed E-state index contributed by atoms with van der Waals surface area (Å²) in [4.78, 5) is 16.3. The largest absolute Gasteiger partial charge is 0.325 e. The number of halogens is 2. The smallest absolute Gasteiger partial charge is 0.306 e. The van der Waals surface area contributed by atoms with Crippen LogP contribution in [0.1, 0.15) is 5.56 Å². The predicted octanol–water partition coefficient (Wildman–Crippen LogP) is 5.12. The second-order valence-corrected chi connectivity index (χ2v) is 6.39. The van der Waals surface area contributed by atoms with Crippen molar-refractivity contribution in [3.8, 4) is 6.07 Å². The lowest BCUT2D eigenvalue weighted by atomic mass is 10.2. The number of benzene rings is 2. The Morgan fingerprint density at radius 3 is 2.74 bits per heavy atom. The molecule has 0 spiro atoms. The highest BCUT2D eigenvalue weighted by Gasteiger charge is 2.10. The maximum atomic E-state index is 12.0. The zero-order valence-electron chi connectivity index (χ0n) is 11.4. The zero-order valence-corrected chi connectivity index (χ0v) is 13.8. The highest BCUT2D eigenvalue weighted by atomic mass is 35.5. The highest BCUT2D eigenvalue weighted by molar-refractivity contribution is 7.22. The summed E-state index contributed by atoms with van der Waals surface area (Å²) in [6.45, 7) is 0. The summed E-state index contributed by atoms with van der Waals surface area (Å²) in [5, 5.41) is 15.4. The van der Waals surface area contributed by atoms with Crippen LogP contribution in [0, 0.1) is 11.3 Å². The third-order valence-corrected chi connectivity index (χ3v) is 4.40. The molecule has 3 rings (SSSR count). The van der Waals surface area contributed by atoms with Gasteiger partial charge in [-0.3, -0.25) is 5.32 Å². The fourth-order valence-electron chi connectivity index (χ4n) is 1.89. The number of anilines is 2. The lowest BCUT2D eigenvalue weighted by Gasteiger charge is -2.07. The molecule has 0 radical (unpaired) electrons. The van der Waals surface area contributed by atoms with E-state index in [1.807, 2.05) is 6.07 Å². The Hall–Kier alpha value is -2.33. The predicted molar refractivity (Wildman–Crippen MR) is 93.4 cm³/mol. The molecule has 114 valence electrons. The molecule has 2 N–H and O–H groups in total. The SMILES string of the molecule is N#Cc1ccc(NC(=O)Nc2nc3ccc(Cl)cc3s2)c(Cl)c1. The summed E-state index contributed by atoms with van der Waals surface area (Å²) in [7, 11) is 0. The highest BCUT2D eigenvalue weighted by Crippen LogP contribution is 2.28. The van der Waals surface area contributed by atoms with E-state index in [1.165, 1.54) is 17.4 Å². The molecule has 0 saturated heterocycles. The van der Waals surface area contributed by atoms with E-state index in [-0.39, 0.29) is 5.02 Å². The molecular formula is C15H8Cl2N4OS. The number of nitriles is 1. The number of urea groups is 1. The van der Waals surface area contributed by atoms with Gasteiger partial charge in [0.15, 0.2) is 5.13 Å². The van der Waals surface area contributed by atoms with Crippen LogP contribution in [0.2, 0.25) is 10.0 Å². The van der Waals surface area contributed by atoms with Gasteiger partial charge >= 0.3 is 6.03 Å². The summed E-state index contributed by atoms with van der Waals surface area (Å²) < 4.78 is 0.879. The molecule has 0 bridgehead atoms. The van der Waals surface area contributed by atoms with Crippen molar-refractivity contribution in [1.82, 2.24) is 4.98 Å². The number of hydrogen-bond donors (Lipinski definition) is 2. The van der Waals surface area contributed by atoms with Gasteiger partial charge < -0.3 is 5.32 Å². The van der Waals surface area contributed by atoms with Gasteiger partial charge in [-0.05, 0) is 36.4 Å². The van der Waals surface area contributed by atoms with Gasteiger partial charge in [0.1, 0.15) is 0 Å². The maximum Gasteiger partial charge on any atom is 0.325 e. The van der Waals surface area contributed by atoms with Crippen molar-refractivity contribution in [2.24, 2.45) is 0 Å². The maximum absolute atomic E-state index is 12.0. The van der Waals surface area contributed by atoms with Crippen molar-refractivity contribution in [3.05, 3.63) is 52.0 Å². The van der Waals surface area contributed by atoms with Crippen LogP contribution >= 0.6 is 34.5 Å². The second-order valence-electron chi connectivity index (χ2n) is 4.52. The van der Waals surface area contributed by atoms with Crippen LogP contribution in [0.4, 0.5) is 15.6 Å². The third-order valence-electron chi connectivity index (χ3n) is 2.92. The van der Waals surface area contributed by atoms with Gasteiger partial charge in [-0.2, -0.15) is 5.26 Å². The van der Waals surface area contributed by atoms with Gasteiger partial charge in [0.25, 0.3) is 0 Å². The van der Waals surface area contributed by atoms with E-state index < -0.39 is 6.03 Å². The molecule has 0 aliphatic rings. The van der Waals surface area contributed by atoms with Crippen LogP contribution in [0.5, 0.6) is 0 Å². The topological polar surface area (TPSA) is 77.8 Å². The zero-order chi connectivity index (χ0) is 16.4. The summed E-state index contributed by atoms with van der Waals surface area (Å²) in [6.07, 6.45) is 0. The minimum Gasteiger partial charge on any atom is -0.306 e. The van der Waals surface area contributed by atoms with Gasteiger partial charge in [0.05, 0.1) is 32.6 Å². The number of nitrogens with one attached hydrogen (secondary N) is 2. The Labute approximate surface area is 145 Å². The van der Waals surface area contributed by atoms with E-state index in [4.69, 9.17) is 28.5 Å². The molecule has 0 fully saturated rings. The molecule has 0 aliphatic heterocycles. The first-order chi connectivity index (χ1) is 11.0. The second kappa shape index (κ2) is 6.42. The van der Waals surface area contributed by atoms with Crippen molar-refractivity contribution < 1.29 is 4.79 Å². The molecule has 1 aromatic heterocycles. The van der Waals surface area contributed by atoms with Crippen LogP contribution in [0.25, 0.3) is 10.2 Å². The molecule has 23 heavy (non-hydrogen) atoms. The molecule has 1 heterocycles. The van der Waals surface area contributed by atoms with E-state index in [0.29, 0.717) is 21.4 Å². The van der Waals surface area contributed by atoms with Crippen molar-refractivity contribution in [2.45, 2.75) is 0 Å². The lowest BCUT2D eigenvalue weighted by molar-refractivity contribution is 0.262.